The lowest BCUT2D eigenvalue weighted by Crippen LogP contribution is -2.33. The summed E-state index contributed by atoms with van der Waals surface area (Å²) in [5, 5.41) is 0. The Morgan fingerprint density at radius 3 is 2.83 bits per heavy atom. The van der Waals surface area contributed by atoms with Gasteiger partial charge in [0.25, 0.3) is 0 Å². The molecule has 3 heterocycles. The first-order valence-electron chi connectivity index (χ1n) is 6.64. The van der Waals surface area contributed by atoms with Gasteiger partial charge in [-0.1, -0.05) is 13.0 Å². The number of nitrogens with zero attached hydrogens (tertiary/aromatic N) is 3. The van der Waals surface area contributed by atoms with Gasteiger partial charge in [0.2, 0.25) is 0 Å². The van der Waals surface area contributed by atoms with E-state index in [0.717, 1.165) is 4.60 Å². The average Bonchev–Trinajstić information content (AvgIpc) is 2.84. The van der Waals surface area contributed by atoms with Gasteiger partial charge < -0.3 is 4.90 Å². The fraction of sp³-hybridized carbons (Fsp3) is 0.500. The molecule has 0 aliphatic carbocycles. The number of halogens is 1. The summed E-state index contributed by atoms with van der Waals surface area (Å²) in [6, 6.07) is 6.26. The highest BCUT2D eigenvalue weighted by Gasteiger charge is 2.23. The number of fused-ring (bicyclic) bond motifs is 1. The minimum absolute atomic E-state index is 0.592. The van der Waals surface area contributed by atoms with Crippen molar-refractivity contribution in [3.8, 4) is 0 Å². The van der Waals surface area contributed by atoms with E-state index in [9.17, 15) is 0 Å². The molecule has 18 heavy (non-hydrogen) atoms. The van der Waals surface area contributed by atoms with Gasteiger partial charge in [-0.2, -0.15) is 0 Å². The summed E-state index contributed by atoms with van der Waals surface area (Å²) in [5.41, 5.74) is 1.18. The van der Waals surface area contributed by atoms with Gasteiger partial charge in [-0.05, 0) is 60.5 Å². The zero-order chi connectivity index (χ0) is 12.5. The normalized spacial score (nSPS) is 18.6. The minimum Gasteiger partial charge on any atom is -0.304 e. The summed E-state index contributed by atoms with van der Waals surface area (Å²) < 4.78 is 3.34. The van der Waals surface area contributed by atoms with Crippen molar-refractivity contribution in [1.29, 1.82) is 0 Å². The number of aromatic nitrogens is 2. The molecule has 96 valence electrons. The number of piperidine rings is 1. The highest BCUT2D eigenvalue weighted by atomic mass is 79.9. The van der Waals surface area contributed by atoms with E-state index in [-0.39, 0.29) is 0 Å². The van der Waals surface area contributed by atoms with Gasteiger partial charge in [-0.3, -0.25) is 4.40 Å². The first-order valence-corrected chi connectivity index (χ1v) is 7.43. The van der Waals surface area contributed by atoms with Crippen LogP contribution in [0.4, 0.5) is 0 Å². The molecule has 0 spiro atoms. The SMILES string of the molecule is CCN1CCC(c2ncc3cccc(Br)n23)CC1. The van der Waals surface area contributed by atoms with Gasteiger partial charge in [-0.25, -0.2) is 4.98 Å². The molecular weight excluding hydrogens is 290 g/mol. The molecule has 0 bridgehead atoms. The molecule has 3 nitrogen and oxygen atoms in total. The molecule has 1 saturated heterocycles. The Hall–Kier alpha value is -0.870. The molecule has 0 radical (unpaired) electrons. The van der Waals surface area contributed by atoms with Crippen LogP contribution >= 0.6 is 15.9 Å². The first-order chi connectivity index (χ1) is 8.79. The Kier molecular flexibility index (Phi) is 3.39. The van der Waals surface area contributed by atoms with E-state index in [1.807, 2.05) is 6.20 Å². The molecule has 0 saturated carbocycles. The van der Waals surface area contributed by atoms with E-state index in [2.05, 4.69) is 55.3 Å². The molecule has 0 aromatic carbocycles. The molecule has 4 heteroatoms. The largest absolute Gasteiger partial charge is 0.304 e. The molecule has 3 rings (SSSR count). The quantitative estimate of drug-likeness (QED) is 0.794. The van der Waals surface area contributed by atoms with E-state index >= 15 is 0 Å². The standard InChI is InChI=1S/C14H18BrN3/c1-2-17-8-6-11(7-9-17)14-16-10-12-4-3-5-13(15)18(12)14/h3-5,10-11H,2,6-9H2,1H3. The topological polar surface area (TPSA) is 20.5 Å². The van der Waals surface area contributed by atoms with Crippen LogP contribution in [0.2, 0.25) is 0 Å². The Labute approximate surface area is 116 Å². The molecule has 1 aliphatic heterocycles. The van der Waals surface area contributed by atoms with Crippen molar-refractivity contribution in [3.05, 3.63) is 34.8 Å². The van der Waals surface area contributed by atoms with Crippen molar-refractivity contribution in [2.75, 3.05) is 19.6 Å². The molecule has 2 aromatic heterocycles. The monoisotopic (exact) mass is 307 g/mol. The lowest BCUT2D eigenvalue weighted by molar-refractivity contribution is 0.219. The number of imidazole rings is 1. The van der Waals surface area contributed by atoms with E-state index < -0.39 is 0 Å². The second kappa shape index (κ2) is 5.02. The highest BCUT2D eigenvalue weighted by Crippen LogP contribution is 2.29. The summed E-state index contributed by atoms with van der Waals surface area (Å²) in [4.78, 5) is 7.16. The van der Waals surface area contributed by atoms with Crippen LogP contribution in [-0.2, 0) is 0 Å². The van der Waals surface area contributed by atoms with Crippen LogP contribution in [0.1, 0.15) is 31.5 Å². The third-order valence-electron chi connectivity index (χ3n) is 3.93. The molecule has 0 N–H and O–H groups in total. The summed E-state index contributed by atoms with van der Waals surface area (Å²) in [7, 11) is 0. The molecular formula is C14H18BrN3. The number of likely N-dealkylation sites (tertiary alicyclic amines) is 1. The van der Waals surface area contributed by atoms with E-state index in [4.69, 9.17) is 0 Å². The molecule has 0 atom stereocenters. The Balaban J connectivity index is 1.91. The lowest BCUT2D eigenvalue weighted by Gasteiger charge is -2.30. The van der Waals surface area contributed by atoms with Crippen molar-refractivity contribution in [2.45, 2.75) is 25.7 Å². The summed E-state index contributed by atoms with van der Waals surface area (Å²) in [6.07, 6.45) is 4.41. The number of rotatable bonds is 2. The predicted octanol–water partition coefficient (Wildman–Crippen LogP) is 3.30. The van der Waals surface area contributed by atoms with Crippen LogP contribution in [0.3, 0.4) is 0 Å². The highest BCUT2D eigenvalue weighted by molar-refractivity contribution is 9.10. The maximum atomic E-state index is 4.65. The summed E-state index contributed by atoms with van der Waals surface area (Å²) in [5.74, 6) is 1.81. The maximum absolute atomic E-state index is 4.65. The van der Waals surface area contributed by atoms with Crippen LogP contribution < -0.4 is 0 Å². The van der Waals surface area contributed by atoms with E-state index in [1.54, 1.807) is 0 Å². The third-order valence-corrected chi connectivity index (χ3v) is 4.55. The summed E-state index contributed by atoms with van der Waals surface area (Å²) >= 11 is 3.63. The number of pyridine rings is 1. The first kappa shape index (κ1) is 12.2. The average molecular weight is 308 g/mol. The van der Waals surface area contributed by atoms with Crippen LogP contribution in [0.5, 0.6) is 0 Å². The van der Waals surface area contributed by atoms with Crippen LogP contribution in [0, 0.1) is 0 Å². The van der Waals surface area contributed by atoms with Crippen molar-refractivity contribution >= 4 is 21.4 Å². The van der Waals surface area contributed by atoms with Crippen LogP contribution in [0.25, 0.3) is 5.52 Å². The molecule has 1 aliphatic rings. The zero-order valence-electron chi connectivity index (χ0n) is 10.6. The molecule has 2 aromatic rings. The van der Waals surface area contributed by atoms with Gasteiger partial charge in [0.15, 0.2) is 0 Å². The Bertz CT molecular complexity index is 541. The van der Waals surface area contributed by atoms with E-state index in [1.165, 1.54) is 43.8 Å². The van der Waals surface area contributed by atoms with Crippen molar-refractivity contribution < 1.29 is 0 Å². The van der Waals surface area contributed by atoms with Gasteiger partial charge in [0.05, 0.1) is 16.3 Å². The van der Waals surface area contributed by atoms with Crippen molar-refractivity contribution in [3.63, 3.8) is 0 Å². The van der Waals surface area contributed by atoms with Gasteiger partial charge >= 0.3 is 0 Å². The van der Waals surface area contributed by atoms with Crippen LogP contribution in [-0.4, -0.2) is 33.9 Å². The molecule has 0 amide bonds. The predicted molar refractivity (Wildman–Crippen MR) is 77.0 cm³/mol. The fourth-order valence-electron chi connectivity index (χ4n) is 2.83. The molecule has 1 fully saturated rings. The molecule has 0 unspecified atom stereocenters. The van der Waals surface area contributed by atoms with Gasteiger partial charge in [-0.15, -0.1) is 0 Å². The van der Waals surface area contributed by atoms with E-state index in [0.29, 0.717) is 5.92 Å². The third kappa shape index (κ3) is 2.08. The maximum Gasteiger partial charge on any atom is 0.117 e. The van der Waals surface area contributed by atoms with Gasteiger partial charge in [0.1, 0.15) is 5.82 Å². The van der Waals surface area contributed by atoms with Crippen molar-refractivity contribution in [2.24, 2.45) is 0 Å². The smallest absolute Gasteiger partial charge is 0.117 e. The zero-order valence-corrected chi connectivity index (χ0v) is 12.2. The number of hydrogen-bond donors (Lipinski definition) is 0. The summed E-state index contributed by atoms with van der Waals surface area (Å²) in [6.45, 7) is 5.79. The van der Waals surface area contributed by atoms with Gasteiger partial charge in [0, 0.05) is 5.92 Å². The second-order valence-corrected chi connectivity index (χ2v) is 5.75. The minimum atomic E-state index is 0.592. The second-order valence-electron chi connectivity index (χ2n) is 4.93. The van der Waals surface area contributed by atoms with Crippen molar-refractivity contribution in [1.82, 2.24) is 14.3 Å². The number of hydrogen-bond acceptors (Lipinski definition) is 2. The Morgan fingerprint density at radius 2 is 2.11 bits per heavy atom. The van der Waals surface area contributed by atoms with Crippen LogP contribution in [0.15, 0.2) is 29.0 Å². The lowest BCUT2D eigenvalue weighted by atomic mass is 9.96. The Morgan fingerprint density at radius 1 is 1.33 bits per heavy atom. The fourth-order valence-corrected chi connectivity index (χ4v) is 3.37.